The molecule has 2 nitrogen and oxygen atoms in total. The Balaban J connectivity index is 2.23. The molecule has 0 aliphatic rings. The van der Waals surface area contributed by atoms with Gasteiger partial charge in [0.1, 0.15) is 5.82 Å². The molecule has 100 valence electrons. The van der Waals surface area contributed by atoms with E-state index in [-0.39, 0.29) is 6.42 Å². The SMILES string of the molecule is NC(Cc1ccc(Cl)cc1F)c1ncc(Cl)cc1Cl. The van der Waals surface area contributed by atoms with Crippen molar-refractivity contribution >= 4 is 34.8 Å². The molecule has 0 aliphatic heterocycles. The number of halogens is 4. The maximum atomic E-state index is 13.7. The third-order valence-electron chi connectivity index (χ3n) is 2.64. The van der Waals surface area contributed by atoms with Crippen molar-refractivity contribution in [2.45, 2.75) is 12.5 Å². The van der Waals surface area contributed by atoms with Crippen LogP contribution in [0.15, 0.2) is 30.5 Å². The summed E-state index contributed by atoms with van der Waals surface area (Å²) in [5.74, 6) is -0.395. The second-order valence-electron chi connectivity index (χ2n) is 4.07. The van der Waals surface area contributed by atoms with E-state index in [1.807, 2.05) is 0 Å². The molecule has 1 unspecified atom stereocenters. The highest BCUT2D eigenvalue weighted by Crippen LogP contribution is 2.26. The van der Waals surface area contributed by atoms with Gasteiger partial charge in [0, 0.05) is 11.2 Å². The minimum absolute atomic E-state index is 0.275. The van der Waals surface area contributed by atoms with E-state index in [2.05, 4.69) is 4.98 Å². The Morgan fingerprint density at radius 3 is 2.53 bits per heavy atom. The van der Waals surface area contributed by atoms with E-state index in [0.717, 1.165) is 0 Å². The normalized spacial score (nSPS) is 12.5. The van der Waals surface area contributed by atoms with Gasteiger partial charge in [0.2, 0.25) is 0 Å². The Morgan fingerprint density at radius 1 is 1.16 bits per heavy atom. The molecule has 6 heteroatoms. The summed E-state index contributed by atoms with van der Waals surface area (Å²) in [6, 6.07) is 5.51. The first-order valence-electron chi connectivity index (χ1n) is 5.48. The van der Waals surface area contributed by atoms with E-state index in [4.69, 9.17) is 40.5 Å². The molecule has 1 aromatic heterocycles. The maximum Gasteiger partial charge on any atom is 0.127 e. The Labute approximate surface area is 125 Å². The van der Waals surface area contributed by atoms with Crippen molar-refractivity contribution in [2.24, 2.45) is 5.73 Å². The molecular formula is C13H10Cl3FN2. The van der Waals surface area contributed by atoms with Gasteiger partial charge in [-0.15, -0.1) is 0 Å². The Kier molecular flexibility index (Phi) is 4.63. The second-order valence-corrected chi connectivity index (χ2v) is 5.35. The molecule has 0 aliphatic carbocycles. The van der Waals surface area contributed by atoms with Crippen molar-refractivity contribution < 1.29 is 4.39 Å². The molecule has 0 spiro atoms. The Bertz CT molecular complexity index is 604. The van der Waals surface area contributed by atoms with Crippen LogP contribution in [-0.4, -0.2) is 4.98 Å². The van der Waals surface area contributed by atoms with Crippen LogP contribution in [0.5, 0.6) is 0 Å². The standard InChI is InChI=1S/C13H10Cl3FN2/c14-8-2-1-7(11(17)5-8)3-12(18)13-10(16)4-9(15)6-19-13/h1-2,4-6,12H,3,18H2. The highest BCUT2D eigenvalue weighted by atomic mass is 35.5. The molecule has 19 heavy (non-hydrogen) atoms. The topological polar surface area (TPSA) is 38.9 Å². The summed E-state index contributed by atoms with van der Waals surface area (Å²) >= 11 is 17.5. The molecular weight excluding hydrogens is 310 g/mol. The molecule has 1 atom stereocenters. The fourth-order valence-electron chi connectivity index (χ4n) is 1.72. The van der Waals surface area contributed by atoms with Gasteiger partial charge < -0.3 is 5.73 Å². The van der Waals surface area contributed by atoms with Crippen LogP contribution in [0.4, 0.5) is 4.39 Å². The fraction of sp³-hybridized carbons (Fsp3) is 0.154. The highest BCUT2D eigenvalue weighted by Gasteiger charge is 2.15. The van der Waals surface area contributed by atoms with Gasteiger partial charge in [-0.05, 0) is 30.2 Å². The summed E-state index contributed by atoms with van der Waals surface area (Å²) < 4.78 is 13.7. The minimum atomic E-state index is -0.513. The van der Waals surface area contributed by atoms with Crippen molar-refractivity contribution in [2.75, 3.05) is 0 Å². The lowest BCUT2D eigenvalue weighted by Gasteiger charge is -2.13. The zero-order valence-electron chi connectivity index (χ0n) is 9.71. The zero-order chi connectivity index (χ0) is 14.0. The third-order valence-corrected chi connectivity index (χ3v) is 3.39. The summed E-state index contributed by atoms with van der Waals surface area (Å²) in [6.07, 6.45) is 1.73. The molecule has 2 aromatic rings. The van der Waals surface area contributed by atoms with Gasteiger partial charge >= 0.3 is 0 Å². The quantitative estimate of drug-likeness (QED) is 0.909. The summed E-state index contributed by atoms with van der Waals surface area (Å²) in [5.41, 5.74) is 6.94. The monoisotopic (exact) mass is 318 g/mol. The molecule has 0 amide bonds. The van der Waals surface area contributed by atoms with Gasteiger partial charge in [0.15, 0.2) is 0 Å². The van der Waals surface area contributed by atoms with Crippen molar-refractivity contribution in [3.8, 4) is 0 Å². The summed E-state index contributed by atoms with van der Waals surface area (Å²) in [6.45, 7) is 0. The number of nitrogens with zero attached hydrogens (tertiary/aromatic N) is 1. The van der Waals surface area contributed by atoms with Crippen molar-refractivity contribution in [3.63, 3.8) is 0 Å². The molecule has 1 heterocycles. The maximum absolute atomic E-state index is 13.7. The lowest BCUT2D eigenvalue weighted by atomic mass is 10.0. The van der Waals surface area contributed by atoms with Crippen molar-refractivity contribution in [1.29, 1.82) is 0 Å². The van der Waals surface area contributed by atoms with Crippen LogP contribution in [0.1, 0.15) is 17.3 Å². The number of hydrogen-bond acceptors (Lipinski definition) is 2. The van der Waals surface area contributed by atoms with E-state index < -0.39 is 11.9 Å². The van der Waals surface area contributed by atoms with Gasteiger partial charge in [-0.1, -0.05) is 40.9 Å². The molecule has 2 rings (SSSR count). The lowest BCUT2D eigenvalue weighted by molar-refractivity contribution is 0.590. The number of pyridine rings is 1. The van der Waals surface area contributed by atoms with Gasteiger partial charge in [-0.25, -0.2) is 4.39 Å². The van der Waals surface area contributed by atoms with Crippen LogP contribution in [0.25, 0.3) is 0 Å². The van der Waals surface area contributed by atoms with Crippen molar-refractivity contribution in [1.82, 2.24) is 4.98 Å². The molecule has 0 saturated heterocycles. The second kappa shape index (κ2) is 6.06. The van der Waals surface area contributed by atoms with Crippen LogP contribution in [-0.2, 0) is 6.42 Å². The number of nitrogens with two attached hydrogens (primary N) is 1. The molecule has 0 fully saturated rings. The predicted octanol–water partition coefficient (Wildman–Crippen LogP) is 4.42. The van der Waals surface area contributed by atoms with Crippen LogP contribution in [0.3, 0.4) is 0 Å². The first-order chi connectivity index (χ1) is 8.97. The van der Waals surface area contributed by atoms with Crippen molar-refractivity contribution in [3.05, 3.63) is 62.6 Å². The zero-order valence-corrected chi connectivity index (χ0v) is 12.0. The van der Waals surface area contributed by atoms with Gasteiger partial charge in [0.25, 0.3) is 0 Å². The van der Waals surface area contributed by atoms with Gasteiger partial charge in [0.05, 0.1) is 21.8 Å². The number of hydrogen-bond donors (Lipinski definition) is 1. The lowest BCUT2D eigenvalue weighted by Crippen LogP contribution is -2.16. The summed E-state index contributed by atoms with van der Waals surface area (Å²) in [7, 11) is 0. The summed E-state index contributed by atoms with van der Waals surface area (Å²) in [5, 5.41) is 1.14. The first-order valence-corrected chi connectivity index (χ1v) is 6.61. The number of benzene rings is 1. The van der Waals surface area contributed by atoms with E-state index in [1.165, 1.54) is 12.3 Å². The first kappa shape index (κ1) is 14.5. The minimum Gasteiger partial charge on any atom is -0.322 e. The molecule has 2 N–H and O–H groups in total. The Hall–Kier alpha value is -0.870. The highest BCUT2D eigenvalue weighted by molar-refractivity contribution is 6.34. The fourth-order valence-corrected chi connectivity index (χ4v) is 2.40. The van der Waals surface area contributed by atoms with E-state index in [9.17, 15) is 4.39 Å². The predicted molar refractivity (Wildman–Crippen MR) is 76.3 cm³/mol. The van der Waals surface area contributed by atoms with E-state index in [1.54, 1.807) is 18.2 Å². The third kappa shape index (κ3) is 3.57. The number of aromatic nitrogens is 1. The Morgan fingerprint density at radius 2 is 1.89 bits per heavy atom. The van der Waals surface area contributed by atoms with Crippen LogP contribution in [0.2, 0.25) is 15.1 Å². The largest absolute Gasteiger partial charge is 0.322 e. The van der Waals surface area contributed by atoms with Gasteiger partial charge in [-0.3, -0.25) is 4.98 Å². The summed E-state index contributed by atoms with van der Waals surface area (Å²) in [4.78, 5) is 4.08. The van der Waals surface area contributed by atoms with Crippen LogP contribution >= 0.6 is 34.8 Å². The molecule has 0 saturated carbocycles. The van der Waals surface area contributed by atoms with Gasteiger partial charge in [-0.2, -0.15) is 0 Å². The molecule has 1 aromatic carbocycles. The van der Waals surface area contributed by atoms with E-state index in [0.29, 0.717) is 26.3 Å². The number of rotatable bonds is 3. The average Bonchev–Trinajstić information content (AvgIpc) is 2.32. The average molecular weight is 320 g/mol. The molecule has 0 radical (unpaired) electrons. The van der Waals surface area contributed by atoms with Crippen LogP contribution < -0.4 is 5.73 Å². The van der Waals surface area contributed by atoms with Crippen LogP contribution in [0, 0.1) is 5.82 Å². The van der Waals surface area contributed by atoms with E-state index >= 15 is 0 Å². The molecule has 0 bridgehead atoms. The smallest absolute Gasteiger partial charge is 0.127 e.